The first-order valence-corrected chi connectivity index (χ1v) is 7.38. The molecule has 4 nitrogen and oxygen atoms in total. The molecule has 1 aromatic carbocycles. The van der Waals surface area contributed by atoms with Gasteiger partial charge in [0.2, 0.25) is 0 Å². The van der Waals surface area contributed by atoms with Gasteiger partial charge in [-0.25, -0.2) is 0 Å². The van der Waals surface area contributed by atoms with Crippen molar-refractivity contribution in [3.8, 4) is 5.75 Å². The zero-order valence-corrected chi connectivity index (χ0v) is 12.7. The molecule has 0 amide bonds. The van der Waals surface area contributed by atoms with Gasteiger partial charge in [-0.3, -0.25) is 9.59 Å². The molecule has 0 aliphatic rings. The number of benzene rings is 1. The van der Waals surface area contributed by atoms with Gasteiger partial charge in [0.15, 0.2) is 0 Å². The fourth-order valence-electron chi connectivity index (χ4n) is 1.42. The summed E-state index contributed by atoms with van der Waals surface area (Å²) in [4.78, 5) is 22.9. The van der Waals surface area contributed by atoms with Crippen LogP contribution in [0.2, 0.25) is 0 Å². The Morgan fingerprint density at radius 2 is 1.95 bits per heavy atom. The van der Waals surface area contributed by atoms with Crippen LogP contribution in [0.3, 0.4) is 0 Å². The molecule has 0 aliphatic carbocycles. The number of hydrogen-bond donors (Lipinski definition) is 0. The number of esters is 1. The van der Waals surface area contributed by atoms with Gasteiger partial charge in [-0.05, 0) is 38.3 Å². The van der Waals surface area contributed by atoms with Crippen molar-refractivity contribution in [2.45, 2.75) is 25.2 Å². The summed E-state index contributed by atoms with van der Waals surface area (Å²) in [6.45, 7) is 3.24. The number of allylic oxidation sites excluding steroid dienone is 1. The molecule has 108 valence electrons. The first kappa shape index (κ1) is 16.3. The topological polar surface area (TPSA) is 52.6 Å². The third-order valence-corrected chi connectivity index (χ3v) is 3.13. The third kappa shape index (κ3) is 5.93. The number of rotatable bonds is 7. The Labute approximate surface area is 123 Å². The number of ether oxygens (including phenoxy) is 2. The maximum atomic E-state index is 11.2. The largest absolute Gasteiger partial charge is 0.461 e. The predicted octanol–water partition coefficient (Wildman–Crippen LogP) is 3.21. The minimum Gasteiger partial charge on any atom is -0.461 e. The molecule has 0 spiro atoms. The monoisotopic (exact) mass is 294 g/mol. The van der Waals surface area contributed by atoms with E-state index in [2.05, 4.69) is 0 Å². The normalized spacial score (nSPS) is 11.1. The van der Waals surface area contributed by atoms with Crippen LogP contribution in [0.15, 0.2) is 41.0 Å². The van der Waals surface area contributed by atoms with Gasteiger partial charge in [-0.1, -0.05) is 12.1 Å². The molecule has 0 unspecified atom stereocenters. The maximum Gasteiger partial charge on any atom is 0.313 e. The Kier molecular flexibility index (Phi) is 6.87. The molecule has 0 saturated heterocycles. The molecule has 0 bridgehead atoms. The van der Waals surface area contributed by atoms with Gasteiger partial charge >= 0.3 is 5.97 Å². The van der Waals surface area contributed by atoms with Crippen LogP contribution in [0.25, 0.3) is 0 Å². The molecule has 0 aromatic heterocycles. The van der Waals surface area contributed by atoms with Gasteiger partial charge in [0.1, 0.15) is 30.3 Å². The van der Waals surface area contributed by atoms with Crippen LogP contribution in [0.5, 0.6) is 5.75 Å². The molecule has 0 fully saturated rings. The lowest BCUT2D eigenvalue weighted by Gasteiger charge is -2.09. The van der Waals surface area contributed by atoms with Gasteiger partial charge in [-0.15, -0.1) is 11.8 Å². The maximum absolute atomic E-state index is 11.2. The third-order valence-electron chi connectivity index (χ3n) is 2.35. The number of carbonyl (C=O) groups is 2. The molecule has 5 heteroatoms. The van der Waals surface area contributed by atoms with Crippen molar-refractivity contribution in [1.29, 1.82) is 0 Å². The molecular weight excluding hydrogens is 276 g/mol. The molecule has 0 aliphatic heterocycles. The van der Waals surface area contributed by atoms with Crippen molar-refractivity contribution in [1.82, 2.24) is 0 Å². The van der Waals surface area contributed by atoms with Crippen LogP contribution in [0, 0.1) is 0 Å². The second-order valence-electron chi connectivity index (χ2n) is 4.13. The van der Waals surface area contributed by atoms with Gasteiger partial charge in [-0.2, -0.15) is 0 Å². The number of hydrogen-bond acceptors (Lipinski definition) is 5. The Morgan fingerprint density at radius 3 is 2.60 bits per heavy atom. The lowest BCUT2D eigenvalue weighted by molar-refractivity contribution is -0.144. The van der Waals surface area contributed by atoms with Crippen molar-refractivity contribution in [2.75, 3.05) is 12.9 Å². The lowest BCUT2D eigenvalue weighted by atomic mass is 10.3. The summed E-state index contributed by atoms with van der Waals surface area (Å²) in [6.07, 6.45) is 3.45. The van der Waals surface area contributed by atoms with E-state index >= 15 is 0 Å². The summed E-state index contributed by atoms with van der Waals surface area (Å²) in [5, 5.41) is 0. The Bertz CT molecular complexity index is 508. The minimum absolute atomic E-state index is 0.0966. The van der Waals surface area contributed by atoms with Crippen molar-refractivity contribution in [3.63, 3.8) is 0 Å². The van der Waals surface area contributed by atoms with E-state index in [4.69, 9.17) is 9.47 Å². The summed E-state index contributed by atoms with van der Waals surface area (Å²) in [7, 11) is 0. The summed E-state index contributed by atoms with van der Waals surface area (Å²) < 4.78 is 10.6. The van der Waals surface area contributed by atoms with Gasteiger partial charge in [0, 0.05) is 4.90 Å². The Balaban J connectivity index is 2.49. The molecule has 0 radical (unpaired) electrons. The highest BCUT2D eigenvalue weighted by Crippen LogP contribution is 2.28. The molecular formula is C15H18O4S. The van der Waals surface area contributed by atoms with E-state index in [1.54, 1.807) is 24.8 Å². The Hall–Kier alpha value is -1.75. The van der Waals surface area contributed by atoms with Crippen LogP contribution >= 0.6 is 11.8 Å². The van der Waals surface area contributed by atoms with E-state index in [0.29, 0.717) is 5.76 Å². The van der Waals surface area contributed by atoms with E-state index < -0.39 is 5.97 Å². The number of para-hydroxylation sites is 1. The quantitative estimate of drug-likeness (QED) is 0.334. The smallest absolute Gasteiger partial charge is 0.313 e. The second kappa shape index (κ2) is 8.43. The van der Waals surface area contributed by atoms with E-state index in [0.717, 1.165) is 10.6 Å². The molecule has 0 saturated carbocycles. The fraction of sp³-hybridized carbons (Fsp3) is 0.333. The SMILES string of the molecule is CSc1ccccc1O/C(C)=C/COC(=O)CC(C)=O. The summed E-state index contributed by atoms with van der Waals surface area (Å²) >= 11 is 1.60. The average molecular weight is 294 g/mol. The van der Waals surface area contributed by atoms with Gasteiger partial charge < -0.3 is 9.47 Å². The average Bonchev–Trinajstić information content (AvgIpc) is 2.38. The second-order valence-corrected chi connectivity index (χ2v) is 4.98. The number of Topliss-reactive ketones (excluding diaryl/α,β-unsaturated/α-hetero) is 1. The van der Waals surface area contributed by atoms with Crippen LogP contribution in [-0.4, -0.2) is 24.6 Å². The van der Waals surface area contributed by atoms with Crippen molar-refractivity contribution in [3.05, 3.63) is 36.1 Å². The molecule has 1 aromatic rings. The zero-order valence-electron chi connectivity index (χ0n) is 11.8. The number of carbonyl (C=O) groups excluding carboxylic acids is 2. The summed E-state index contributed by atoms with van der Waals surface area (Å²) in [5.74, 6) is 0.679. The Morgan fingerprint density at radius 1 is 1.25 bits per heavy atom. The molecule has 0 atom stereocenters. The van der Waals surface area contributed by atoms with Crippen molar-refractivity contribution >= 4 is 23.5 Å². The van der Waals surface area contributed by atoms with Crippen LogP contribution < -0.4 is 4.74 Å². The van der Waals surface area contributed by atoms with E-state index in [-0.39, 0.29) is 18.8 Å². The fourth-order valence-corrected chi connectivity index (χ4v) is 1.95. The molecule has 0 N–H and O–H groups in total. The van der Waals surface area contributed by atoms with Crippen LogP contribution in [0.1, 0.15) is 20.3 Å². The first-order chi connectivity index (χ1) is 9.52. The van der Waals surface area contributed by atoms with Crippen molar-refractivity contribution < 1.29 is 19.1 Å². The zero-order chi connectivity index (χ0) is 15.0. The summed E-state index contributed by atoms with van der Waals surface area (Å²) in [5.41, 5.74) is 0. The first-order valence-electron chi connectivity index (χ1n) is 6.15. The van der Waals surface area contributed by atoms with E-state index in [1.165, 1.54) is 6.92 Å². The molecule has 0 heterocycles. The van der Waals surface area contributed by atoms with E-state index in [9.17, 15) is 9.59 Å². The summed E-state index contributed by atoms with van der Waals surface area (Å²) in [6, 6.07) is 7.70. The van der Waals surface area contributed by atoms with Crippen molar-refractivity contribution in [2.24, 2.45) is 0 Å². The van der Waals surface area contributed by atoms with Crippen LogP contribution in [0.4, 0.5) is 0 Å². The van der Waals surface area contributed by atoms with Crippen LogP contribution in [-0.2, 0) is 14.3 Å². The highest BCUT2D eigenvalue weighted by atomic mass is 32.2. The van der Waals surface area contributed by atoms with Gasteiger partial charge in [0.05, 0.1) is 0 Å². The molecule has 20 heavy (non-hydrogen) atoms. The predicted molar refractivity (Wildman–Crippen MR) is 78.9 cm³/mol. The highest BCUT2D eigenvalue weighted by molar-refractivity contribution is 7.98. The van der Waals surface area contributed by atoms with E-state index in [1.807, 2.05) is 30.5 Å². The number of thioether (sulfide) groups is 1. The highest BCUT2D eigenvalue weighted by Gasteiger charge is 2.06. The number of ketones is 1. The minimum atomic E-state index is -0.522. The van der Waals surface area contributed by atoms with Gasteiger partial charge in [0.25, 0.3) is 0 Å². The standard InChI is InChI=1S/C15H18O4S/c1-11(16)10-15(17)18-9-8-12(2)19-13-6-4-5-7-14(13)20-3/h4-8H,9-10H2,1-3H3/b12-8+. The molecule has 1 rings (SSSR count). The lowest BCUT2D eigenvalue weighted by Crippen LogP contribution is -2.09.